The number of amides is 1. The minimum Gasteiger partial charge on any atom is -0.493 e. The van der Waals surface area contributed by atoms with Crippen LogP contribution in [0.15, 0.2) is 46.0 Å². The Bertz CT molecular complexity index is 1550. The van der Waals surface area contributed by atoms with Crippen LogP contribution in [-0.2, 0) is 17.9 Å². The number of ether oxygens (including phenoxy) is 1. The normalized spacial score (nSPS) is 19.4. The summed E-state index contributed by atoms with van der Waals surface area (Å²) in [5.41, 5.74) is 0.870. The van der Waals surface area contributed by atoms with Gasteiger partial charge < -0.3 is 15.0 Å². The summed E-state index contributed by atoms with van der Waals surface area (Å²) in [6.07, 6.45) is 2.07. The summed E-state index contributed by atoms with van der Waals surface area (Å²) in [7, 11) is 1.96. The van der Waals surface area contributed by atoms with Crippen LogP contribution in [0.25, 0.3) is 10.9 Å². The average molecular weight is 536 g/mol. The van der Waals surface area contributed by atoms with E-state index in [2.05, 4.69) is 10.2 Å². The SMILES string of the molecule is CCn1c(=O)n(CC2CC2)c(=O)c2cc(NC(=O)[C@H]3CN(C)C[C@H]3COc3ccc(C#N)c(Cl)c3)ccc21. The van der Waals surface area contributed by atoms with Gasteiger partial charge in [-0.15, -0.1) is 0 Å². The third-order valence-electron chi connectivity index (χ3n) is 7.43. The average Bonchev–Trinajstić information content (AvgIpc) is 3.65. The number of likely N-dealkylation sites (tertiary alicyclic amines) is 1. The van der Waals surface area contributed by atoms with Crippen LogP contribution in [0.5, 0.6) is 5.75 Å². The number of fused-ring (bicyclic) bond motifs is 1. The van der Waals surface area contributed by atoms with E-state index in [9.17, 15) is 14.4 Å². The topological polar surface area (TPSA) is 109 Å². The Balaban J connectivity index is 1.35. The molecule has 1 saturated heterocycles. The van der Waals surface area contributed by atoms with Gasteiger partial charge in [0.2, 0.25) is 5.91 Å². The largest absolute Gasteiger partial charge is 0.493 e. The second kappa shape index (κ2) is 10.6. The molecule has 2 aromatic carbocycles. The van der Waals surface area contributed by atoms with E-state index < -0.39 is 0 Å². The van der Waals surface area contributed by atoms with Crippen molar-refractivity contribution < 1.29 is 9.53 Å². The van der Waals surface area contributed by atoms with Crippen molar-refractivity contribution in [2.45, 2.75) is 32.9 Å². The maximum atomic E-state index is 13.3. The van der Waals surface area contributed by atoms with Crippen LogP contribution in [0.3, 0.4) is 0 Å². The Kier molecular flexibility index (Phi) is 7.28. The second-order valence-electron chi connectivity index (χ2n) is 10.3. The molecule has 0 bridgehead atoms. The highest BCUT2D eigenvalue weighted by Crippen LogP contribution is 2.30. The van der Waals surface area contributed by atoms with Crippen molar-refractivity contribution in [2.75, 3.05) is 32.1 Å². The van der Waals surface area contributed by atoms with E-state index in [0.29, 0.717) is 71.6 Å². The molecule has 5 rings (SSSR count). The number of aryl methyl sites for hydroxylation is 1. The van der Waals surface area contributed by atoms with Crippen molar-refractivity contribution in [2.24, 2.45) is 17.8 Å². The Hall–Kier alpha value is -3.61. The number of benzene rings is 2. The van der Waals surface area contributed by atoms with Crippen molar-refractivity contribution in [3.63, 3.8) is 0 Å². The molecule has 1 N–H and O–H groups in total. The molecule has 2 aliphatic rings. The zero-order chi connectivity index (χ0) is 27.0. The number of nitrogens with one attached hydrogen (secondary N) is 1. The Morgan fingerprint density at radius 2 is 1.95 bits per heavy atom. The summed E-state index contributed by atoms with van der Waals surface area (Å²) in [6.45, 7) is 4.35. The molecule has 198 valence electrons. The van der Waals surface area contributed by atoms with E-state index in [0.717, 1.165) is 12.8 Å². The molecule has 0 unspecified atom stereocenters. The highest BCUT2D eigenvalue weighted by Gasteiger charge is 2.36. The molecule has 9 nitrogen and oxygen atoms in total. The quantitative estimate of drug-likeness (QED) is 0.474. The van der Waals surface area contributed by atoms with Crippen molar-refractivity contribution in [1.29, 1.82) is 5.26 Å². The molecule has 1 aromatic heterocycles. The summed E-state index contributed by atoms with van der Waals surface area (Å²) in [5.74, 6) is 0.394. The maximum absolute atomic E-state index is 13.3. The van der Waals surface area contributed by atoms with Crippen LogP contribution in [0.4, 0.5) is 5.69 Å². The first-order valence-electron chi connectivity index (χ1n) is 12.9. The fourth-order valence-corrected chi connectivity index (χ4v) is 5.41. The van der Waals surface area contributed by atoms with Crippen molar-refractivity contribution in [3.05, 3.63) is 67.8 Å². The first kappa shape index (κ1) is 26.0. The summed E-state index contributed by atoms with van der Waals surface area (Å²) in [5, 5.41) is 12.8. The summed E-state index contributed by atoms with van der Waals surface area (Å²) >= 11 is 6.12. The monoisotopic (exact) mass is 535 g/mol. The molecule has 10 heteroatoms. The molecule has 0 radical (unpaired) electrons. The van der Waals surface area contributed by atoms with Gasteiger partial charge in [0.1, 0.15) is 11.8 Å². The van der Waals surface area contributed by atoms with Crippen LogP contribution in [0.1, 0.15) is 25.3 Å². The molecule has 2 fully saturated rings. The Morgan fingerprint density at radius 3 is 2.63 bits per heavy atom. The number of nitriles is 1. The zero-order valence-electron chi connectivity index (χ0n) is 21.4. The van der Waals surface area contributed by atoms with Crippen LogP contribution >= 0.6 is 11.6 Å². The highest BCUT2D eigenvalue weighted by molar-refractivity contribution is 6.31. The van der Waals surface area contributed by atoms with Gasteiger partial charge in [-0.3, -0.25) is 18.7 Å². The number of carbonyl (C=O) groups is 1. The molecule has 1 saturated carbocycles. The lowest BCUT2D eigenvalue weighted by Crippen LogP contribution is -2.40. The fraction of sp³-hybridized carbons (Fsp3) is 0.429. The second-order valence-corrected chi connectivity index (χ2v) is 10.7. The minimum atomic E-state index is -0.319. The van der Waals surface area contributed by atoms with E-state index in [1.54, 1.807) is 41.0 Å². The Morgan fingerprint density at radius 1 is 1.16 bits per heavy atom. The lowest BCUT2D eigenvalue weighted by molar-refractivity contribution is -0.120. The van der Waals surface area contributed by atoms with Crippen molar-refractivity contribution in [1.82, 2.24) is 14.0 Å². The van der Waals surface area contributed by atoms with Gasteiger partial charge in [-0.2, -0.15) is 5.26 Å². The molecule has 3 aromatic rings. The van der Waals surface area contributed by atoms with Crippen molar-refractivity contribution >= 4 is 34.1 Å². The molecule has 2 atom stereocenters. The van der Waals surface area contributed by atoms with E-state index in [4.69, 9.17) is 21.6 Å². The van der Waals surface area contributed by atoms with Crippen LogP contribution < -0.4 is 21.3 Å². The predicted octanol–water partition coefficient (Wildman–Crippen LogP) is 3.31. The minimum absolute atomic E-state index is 0.0593. The number of nitrogens with zero attached hydrogens (tertiary/aromatic N) is 4. The molecular formula is C28H30ClN5O4. The standard InChI is InChI=1S/C28H30ClN5O4/c1-3-33-25-9-7-20(10-22(25)27(36)34(28(33)37)13-17-4-5-17)31-26(35)23-15-32(2)14-19(23)16-38-21-8-6-18(12-30)24(29)11-21/h6-11,17,19,23H,3-5,13-16H2,1-2H3,(H,31,35)/t19-,23-/m0/s1. The van der Waals surface area contributed by atoms with E-state index in [1.165, 1.54) is 4.57 Å². The van der Waals surface area contributed by atoms with Gasteiger partial charge in [-0.05, 0) is 63.1 Å². The summed E-state index contributed by atoms with van der Waals surface area (Å²) < 4.78 is 8.88. The molecule has 0 spiro atoms. The number of anilines is 1. The third-order valence-corrected chi connectivity index (χ3v) is 7.74. The number of rotatable bonds is 8. The Labute approximate surface area is 225 Å². The smallest absolute Gasteiger partial charge is 0.331 e. The highest BCUT2D eigenvalue weighted by atomic mass is 35.5. The molecule has 1 aliphatic carbocycles. The number of halogens is 1. The number of hydrogen-bond donors (Lipinski definition) is 1. The van der Waals surface area contributed by atoms with Gasteiger partial charge >= 0.3 is 5.69 Å². The summed E-state index contributed by atoms with van der Waals surface area (Å²) in [6, 6.07) is 12.1. The van der Waals surface area contributed by atoms with Gasteiger partial charge in [0, 0.05) is 43.9 Å². The van der Waals surface area contributed by atoms with Gasteiger partial charge in [-0.25, -0.2) is 4.79 Å². The predicted molar refractivity (Wildman–Crippen MR) is 146 cm³/mol. The first-order valence-corrected chi connectivity index (χ1v) is 13.3. The lowest BCUT2D eigenvalue weighted by atomic mass is 9.96. The van der Waals surface area contributed by atoms with E-state index in [1.807, 2.05) is 20.0 Å². The van der Waals surface area contributed by atoms with Gasteiger partial charge in [0.05, 0.1) is 34.0 Å². The number of aromatic nitrogens is 2. The zero-order valence-corrected chi connectivity index (χ0v) is 22.2. The lowest BCUT2D eigenvalue weighted by Gasteiger charge is -2.19. The maximum Gasteiger partial charge on any atom is 0.331 e. The first-order chi connectivity index (χ1) is 18.3. The number of hydrogen-bond acceptors (Lipinski definition) is 6. The van der Waals surface area contributed by atoms with E-state index >= 15 is 0 Å². The molecule has 2 heterocycles. The van der Waals surface area contributed by atoms with Crippen LogP contribution in [0, 0.1) is 29.1 Å². The van der Waals surface area contributed by atoms with Gasteiger partial charge in [-0.1, -0.05) is 11.6 Å². The molecular weight excluding hydrogens is 506 g/mol. The molecule has 1 aliphatic heterocycles. The summed E-state index contributed by atoms with van der Waals surface area (Å²) in [4.78, 5) is 41.6. The van der Waals surface area contributed by atoms with Gasteiger partial charge in [0.25, 0.3) is 5.56 Å². The molecule has 38 heavy (non-hydrogen) atoms. The van der Waals surface area contributed by atoms with Crippen LogP contribution in [0.2, 0.25) is 5.02 Å². The third kappa shape index (κ3) is 5.19. The fourth-order valence-electron chi connectivity index (χ4n) is 5.19. The van der Waals surface area contributed by atoms with Crippen LogP contribution in [-0.4, -0.2) is 46.7 Å². The van der Waals surface area contributed by atoms with E-state index in [-0.39, 0.29) is 29.0 Å². The van der Waals surface area contributed by atoms with Crippen molar-refractivity contribution in [3.8, 4) is 11.8 Å². The molecule has 1 amide bonds. The number of carbonyl (C=O) groups excluding carboxylic acids is 1. The van der Waals surface area contributed by atoms with Gasteiger partial charge in [0.15, 0.2) is 0 Å².